The van der Waals surface area contributed by atoms with Gasteiger partial charge < -0.3 is 14.8 Å². The predicted octanol–water partition coefficient (Wildman–Crippen LogP) is 5.26. The van der Waals surface area contributed by atoms with Gasteiger partial charge in [-0.3, -0.25) is 0 Å². The summed E-state index contributed by atoms with van der Waals surface area (Å²) in [6, 6.07) is 23.1. The number of hydrogen-bond donors (Lipinski definition) is 1. The largest absolute Gasteiger partial charge is 0.486 e. The van der Waals surface area contributed by atoms with Gasteiger partial charge in [-0.15, -0.1) is 0 Å². The van der Waals surface area contributed by atoms with E-state index >= 15 is 0 Å². The number of carbonyl (C=O) groups is 1. The van der Waals surface area contributed by atoms with Crippen LogP contribution >= 0.6 is 0 Å². The van der Waals surface area contributed by atoms with E-state index in [9.17, 15) is 9.18 Å². The highest BCUT2D eigenvalue weighted by Gasteiger charge is 2.09. The van der Waals surface area contributed by atoms with Gasteiger partial charge in [-0.05, 0) is 47.5 Å². The zero-order valence-electron chi connectivity index (χ0n) is 18.0. The van der Waals surface area contributed by atoms with Gasteiger partial charge in [0.05, 0.1) is 18.4 Å². The Labute approximate surface area is 191 Å². The molecule has 0 aliphatic heterocycles. The Balaban J connectivity index is 1.40. The molecule has 4 aromatic rings. The van der Waals surface area contributed by atoms with E-state index in [4.69, 9.17) is 9.47 Å². The molecule has 1 aromatic heterocycles. The van der Waals surface area contributed by atoms with E-state index in [1.54, 1.807) is 36.5 Å². The van der Waals surface area contributed by atoms with Gasteiger partial charge in [0.25, 0.3) is 0 Å². The standard InChI is InChI=1S/C26H22FN3O3/c1-32-25(31)20-9-7-18(8-10-20)16-29-26-28-14-13-23(30-26)21-11-12-24(22(27)15-21)33-17-19-5-3-2-4-6-19/h2-15H,16-17H2,1H3,(H,28,29,30). The van der Waals surface area contributed by atoms with E-state index in [2.05, 4.69) is 15.3 Å². The molecular formula is C26H22FN3O3. The first-order chi connectivity index (χ1) is 16.1. The normalized spacial score (nSPS) is 10.5. The third-order valence-corrected chi connectivity index (χ3v) is 4.95. The van der Waals surface area contributed by atoms with Crippen molar-refractivity contribution in [1.82, 2.24) is 9.97 Å². The maximum absolute atomic E-state index is 14.6. The van der Waals surface area contributed by atoms with Gasteiger partial charge in [-0.25, -0.2) is 19.2 Å². The molecule has 0 aliphatic carbocycles. The Morgan fingerprint density at radius 1 is 0.970 bits per heavy atom. The number of methoxy groups -OCH3 is 1. The molecule has 4 rings (SSSR count). The molecule has 0 spiro atoms. The van der Waals surface area contributed by atoms with Gasteiger partial charge in [0, 0.05) is 18.3 Å². The van der Waals surface area contributed by atoms with Crippen LogP contribution in [0.2, 0.25) is 0 Å². The van der Waals surface area contributed by atoms with Gasteiger partial charge in [-0.1, -0.05) is 42.5 Å². The number of halogens is 1. The fourth-order valence-electron chi connectivity index (χ4n) is 3.17. The van der Waals surface area contributed by atoms with Gasteiger partial charge in [0.1, 0.15) is 6.61 Å². The number of nitrogens with zero attached hydrogens (tertiary/aromatic N) is 2. The van der Waals surface area contributed by atoms with E-state index in [1.165, 1.54) is 13.2 Å². The van der Waals surface area contributed by atoms with Crippen LogP contribution in [0, 0.1) is 5.82 Å². The predicted molar refractivity (Wildman–Crippen MR) is 123 cm³/mol. The molecule has 0 aliphatic rings. The smallest absolute Gasteiger partial charge is 0.337 e. The van der Waals surface area contributed by atoms with Crippen LogP contribution in [0.15, 0.2) is 85.1 Å². The van der Waals surface area contributed by atoms with Crippen molar-refractivity contribution in [3.63, 3.8) is 0 Å². The number of rotatable bonds is 8. The summed E-state index contributed by atoms with van der Waals surface area (Å²) in [5.74, 6) is -0.240. The molecule has 6 nitrogen and oxygen atoms in total. The summed E-state index contributed by atoms with van der Waals surface area (Å²) in [6.45, 7) is 0.755. The van der Waals surface area contributed by atoms with Crippen molar-refractivity contribution >= 4 is 11.9 Å². The number of carbonyl (C=O) groups excluding carboxylic acids is 1. The van der Waals surface area contributed by atoms with Crippen LogP contribution < -0.4 is 10.1 Å². The highest BCUT2D eigenvalue weighted by atomic mass is 19.1. The third-order valence-electron chi connectivity index (χ3n) is 4.95. The second-order valence-corrected chi connectivity index (χ2v) is 7.23. The quantitative estimate of drug-likeness (QED) is 0.375. The van der Waals surface area contributed by atoms with Crippen LogP contribution in [-0.2, 0) is 17.9 Å². The molecule has 3 aromatic carbocycles. The van der Waals surface area contributed by atoms with Gasteiger partial charge in [0.15, 0.2) is 11.6 Å². The minimum absolute atomic E-state index is 0.186. The summed E-state index contributed by atoms with van der Waals surface area (Å²) in [7, 11) is 1.35. The van der Waals surface area contributed by atoms with Gasteiger partial charge in [0.2, 0.25) is 5.95 Å². The zero-order valence-corrected chi connectivity index (χ0v) is 18.0. The SMILES string of the molecule is COC(=O)c1ccc(CNc2nccc(-c3ccc(OCc4ccccc4)c(F)c3)n2)cc1. The molecule has 0 radical (unpaired) electrons. The van der Waals surface area contributed by atoms with Crippen LogP contribution in [0.25, 0.3) is 11.3 Å². The fraction of sp³-hybridized carbons (Fsp3) is 0.115. The van der Waals surface area contributed by atoms with E-state index < -0.39 is 5.82 Å². The van der Waals surface area contributed by atoms with Crippen molar-refractivity contribution in [3.05, 3.63) is 108 Å². The Hall–Kier alpha value is -4.26. The lowest BCUT2D eigenvalue weighted by atomic mass is 10.1. The number of aromatic nitrogens is 2. The maximum Gasteiger partial charge on any atom is 0.337 e. The van der Waals surface area contributed by atoms with Crippen molar-refractivity contribution in [2.75, 3.05) is 12.4 Å². The summed E-state index contributed by atoms with van der Waals surface area (Å²) in [4.78, 5) is 20.2. The molecule has 33 heavy (non-hydrogen) atoms. The van der Waals surface area contributed by atoms with E-state index in [0.717, 1.165) is 11.1 Å². The van der Waals surface area contributed by atoms with Crippen LogP contribution in [0.3, 0.4) is 0 Å². The summed E-state index contributed by atoms with van der Waals surface area (Å²) in [5, 5.41) is 3.14. The maximum atomic E-state index is 14.6. The molecule has 0 bridgehead atoms. The molecule has 0 amide bonds. The molecule has 166 valence electrons. The van der Waals surface area contributed by atoms with Crippen LogP contribution in [0.4, 0.5) is 10.3 Å². The van der Waals surface area contributed by atoms with Crippen molar-refractivity contribution in [1.29, 1.82) is 0 Å². The number of esters is 1. The molecule has 0 unspecified atom stereocenters. The molecule has 0 saturated heterocycles. The highest BCUT2D eigenvalue weighted by Crippen LogP contribution is 2.25. The van der Waals surface area contributed by atoms with Crippen molar-refractivity contribution in [3.8, 4) is 17.0 Å². The fourth-order valence-corrected chi connectivity index (χ4v) is 3.17. The van der Waals surface area contributed by atoms with Gasteiger partial charge >= 0.3 is 5.97 Å². The second-order valence-electron chi connectivity index (χ2n) is 7.23. The first-order valence-corrected chi connectivity index (χ1v) is 10.3. The molecule has 0 saturated carbocycles. The third kappa shape index (κ3) is 5.71. The Morgan fingerprint density at radius 3 is 2.48 bits per heavy atom. The monoisotopic (exact) mass is 443 g/mol. The van der Waals surface area contributed by atoms with Crippen molar-refractivity contribution in [2.45, 2.75) is 13.2 Å². The number of benzene rings is 3. The molecule has 1 heterocycles. The number of anilines is 1. The first kappa shape index (κ1) is 22.0. The lowest BCUT2D eigenvalue weighted by molar-refractivity contribution is 0.0600. The average molecular weight is 443 g/mol. The molecule has 1 N–H and O–H groups in total. The van der Waals surface area contributed by atoms with Crippen molar-refractivity contribution in [2.24, 2.45) is 0 Å². The molecular weight excluding hydrogens is 421 g/mol. The molecule has 0 atom stereocenters. The number of nitrogens with one attached hydrogen (secondary N) is 1. The van der Waals surface area contributed by atoms with Gasteiger partial charge in [-0.2, -0.15) is 0 Å². The van der Waals surface area contributed by atoms with E-state index in [-0.39, 0.29) is 11.7 Å². The number of hydrogen-bond acceptors (Lipinski definition) is 6. The van der Waals surface area contributed by atoms with Crippen LogP contribution in [0.5, 0.6) is 5.75 Å². The minimum atomic E-state index is -0.456. The Morgan fingerprint density at radius 2 is 1.76 bits per heavy atom. The highest BCUT2D eigenvalue weighted by molar-refractivity contribution is 5.89. The summed E-state index contributed by atoms with van der Waals surface area (Å²) < 4.78 is 24.9. The summed E-state index contributed by atoms with van der Waals surface area (Å²) >= 11 is 0. The summed E-state index contributed by atoms with van der Waals surface area (Å²) in [5.41, 5.74) is 3.60. The van der Waals surface area contributed by atoms with Crippen molar-refractivity contribution < 1.29 is 18.7 Å². The lowest BCUT2D eigenvalue weighted by Crippen LogP contribution is -2.05. The van der Waals surface area contributed by atoms with E-state index in [0.29, 0.717) is 35.9 Å². The Kier molecular flexibility index (Phi) is 6.90. The van der Waals surface area contributed by atoms with Crippen LogP contribution in [0.1, 0.15) is 21.5 Å². The minimum Gasteiger partial charge on any atom is -0.486 e. The summed E-state index contributed by atoms with van der Waals surface area (Å²) in [6.07, 6.45) is 1.61. The topological polar surface area (TPSA) is 73.3 Å². The zero-order chi connectivity index (χ0) is 23.0. The van der Waals surface area contributed by atoms with Crippen LogP contribution in [-0.4, -0.2) is 23.0 Å². The molecule has 7 heteroatoms. The molecule has 0 fully saturated rings. The Bertz CT molecular complexity index is 1230. The number of ether oxygens (including phenoxy) is 2. The van der Waals surface area contributed by atoms with E-state index in [1.807, 2.05) is 42.5 Å². The second kappa shape index (κ2) is 10.4. The average Bonchev–Trinajstić information content (AvgIpc) is 2.87. The first-order valence-electron chi connectivity index (χ1n) is 10.3. The lowest BCUT2D eigenvalue weighted by Gasteiger charge is -2.10.